The van der Waals surface area contributed by atoms with Crippen LogP contribution >= 0.6 is 0 Å². The Balaban J connectivity index is 2.05. The van der Waals surface area contributed by atoms with E-state index in [1.807, 2.05) is 0 Å². The number of rotatable bonds is 4. The van der Waals surface area contributed by atoms with Gasteiger partial charge in [0.2, 0.25) is 10.0 Å². The Bertz CT molecular complexity index is 626. The zero-order chi connectivity index (χ0) is 15.3. The third kappa shape index (κ3) is 4.57. The molecule has 1 saturated carbocycles. The largest absolute Gasteiger partial charge is 0.395 e. The summed E-state index contributed by atoms with van der Waals surface area (Å²) in [6, 6.07) is 6.58. The SMILES string of the molecule is CC1CCC(NS(=O)(=O)c2ccc(C#CCCO)cc2)C1. The molecule has 0 spiro atoms. The van der Waals surface area contributed by atoms with Crippen LogP contribution in [-0.4, -0.2) is 26.2 Å². The van der Waals surface area contributed by atoms with E-state index in [-0.39, 0.29) is 17.5 Å². The molecule has 0 aromatic heterocycles. The van der Waals surface area contributed by atoms with E-state index >= 15 is 0 Å². The van der Waals surface area contributed by atoms with Gasteiger partial charge in [0.1, 0.15) is 0 Å². The van der Waals surface area contributed by atoms with E-state index in [9.17, 15) is 8.42 Å². The lowest BCUT2D eigenvalue weighted by Crippen LogP contribution is -2.32. The molecule has 0 heterocycles. The van der Waals surface area contributed by atoms with Crippen molar-refractivity contribution >= 4 is 10.0 Å². The minimum Gasteiger partial charge on any atom is -0.395 e. The summed E-state index contributed by atoms with van der Waals surface area (Å²) in [5, 5.41) is 8.66. The van der Waals surface area contributed by atoms with Crippen LogP contribution in [0.2, 0.25) is 0 Å². The van der Waals surface area contributed by atoms with Gasteiger partial charge < -0.3 is 5.11 Å². The van der Waals surface area contributed by atoms with Crippen LogP contribution in [-0.2, 0) is 10.0 Å². The number of nitrogens with one attached hydrogen (secondary N) is 1. The van der Waals surface area contributed by atoms with Crippen LogP contribution in [0.1, 0.15) is 38.2 Å². The van der Waals surface area contributed by atoms with Crippen LogP contribution in [0.3, 0.4) is 0 Å². The van der Waals surface area contributed by atoms with E-state index in [1.54, 1.807) is 24.3 Å². The average molecular weight is 307 g/mol. The first-order valence-electron chi connectivity index (χ1n) is 7.23. The standard InChI is InChI=1S/C16H21NO3S/c1-13-5-8-15(12-13)17-21(19,20)16-9-6-14(7-10-16)4-2-3-11-18/h6-7,9-10,13,15,17-18H,3,5,8,11-12H2,1H3. The summed E-state index contributed by atoms with van der Waals surface area (Å²) in [6.07, 6.45) is 3.31. The van der Waals surface area contributed by atoms with Gasteiger partial charge in [-0.3, -0.25) is 0 Å². The molecule has 0 saturated heterocycles. The Morgan fingerprint density at radius 2 is 2.00 bits per heavy atom. The number of sulfonamides is 1. The molecule has 5 heteroatoms. The maximum absolute atomic E-state index is 12.3. The van der Waals surface area contributed by atoms with E-state index in [1.165, 1.54) is 0 Å². The predicted molar refractivity (Wildman–Crippen MR) is 82.1 cm³/mol. The number of hydrogen-bond donors (Lipinski definition) is 2. The van der Waals surface area contributed by atoms with Gasteiger partial charge in [-0.15, -0.1) is 0 Å². The lowest BCUT2D eigenvalue weighted by atomic mass is 10.1. The van der Waals surface area contributed by atoms with Gasteiger partial charge in [0, 0.05) is 18.0 Å². The maximum atomic E-state index is 12.3. The van der Waals surface area contributed by atoms with E-state index in [0.29, 0.717) is 12.3 Å². The van der Waals surface area contributed by atoms with Crippen LogP contribution in [0.25, 0.3) is 0 Å². The van der Waals surface area contributed by atoms with Gasteiger partial charge in [-0.2, -0.15) is 0 Å². The van der Waals surface area contributed by atoms with Crippen LogP contribution in [0.4, 0.5) is 0 Å². The topological polar surface area (TPSA) is 66.4 Å². The monoisotopic (exact) mass is 307 g/mol. The zero-order valence-corrected chi connectivity index (χ0v) is 13.0. The summed E-state index contributed by atoms with van der Waals surface area (Å²) in [5.41, 5.74) is 0.747. The minimum absolute atomic E-state index is 0.0309. The molecule has 0 radical (unpaired) electrons. The molecule has 1 aromatic carbocycles. The molecule has 21 heavy (non-hydrogen) atoms. The van der Waals surface area contributed by atoms with Gasteiger partial charge in [-0.05, 0) is 49.4 Å². The van der Waals surface area contributed by atoms with Crippen LogP contribution in [0.5, 0.6) is 0 Å². The van der Waals surface area contributed by atoms with Crippen molar-refractivity contribution < 1.29 is 13.5 Å². The molecule has 4 nitrogen and oxygen atoms in total. The normalized spacial score (nSPS) is 21.8. The van der Waals surface area contributed by atoms with Crippen molar-refractivity contribution in [2.45, 2.75) is 43.5 Å². The van der Waals surface area contributed by atoms with E-state index in [2.05, 4.69) is 23.5 Å². The fourth-order valence-electron chi connectivity index (χ4n) is 2.54. The maximum Gasteiger partial charge on any atom is 0.240 e. The highest BCUT2D eigenvalue weighted by Gasteiger charge is 2.26. The first-order valence-corrected chi connectivity index (χ1v) is 8.71. The minimum atomic E-state index is -3.45. The molecule has 1 aliphatic rings. The van der Waals surface area contributed by atoms with Crippen molar-refractivity contribution in [3.63, 3.8) is 0 Å². The van der Waals surface area contributed by atoms with Crippen molar-refractivity contribution in [3.05, 3.63) is 29.8 Å². The highest BCUT2D eigenvalue weighted by Crippen LogP contribution is 2.26. The summed E-state index contributed by atoms with van der Waals surface area (Å²) >= 11 is 0. The summed E-state index contributed by atoms with van der Waals surface area (Å²) in [5.74, 6) is 6.27. The van der Waals surface area contributed by atoms with Crippen molar-refractivity contribution in [2.75, 3.05) is 6.61 Å². The van der Waals surface area contributed by atoms with Crippen molar-refractivity contribution in [2.24, 2.45) is 5.92 Å². The molecule has 114 valence electrons. The molecule has 2 rings (SSSR count). The van der Waals surface area contributed by atoms with Crippen LogP contribution < -0.4 is 4.72 Å². The number of aliphatic hydroxyl groups excluding tert-OH is 1. The van der Waals surface area contributed by atoms with E-state index in [0.717, 1.165) is 24.8 Å². The fourth-order valence-corrected chi connectivity index (χ4v) is 3.82. The molecule has 1 aromatic rings. The first kappa shape index (κ1) is 16.0. The smallest absolute Gasteiger partial charge is 0.240 e. The third-order valence-corrected chi connectivity index (χ3v) is 5.19. The highest BCUT2D eigenvalue weighted by atomic mass is 32.2. The second-order valence-electron chi connectivity index (χ2n) is 5.54. The molecule has 2 atom stereocenters. The first-order chi connectivity index (χ1) is 10.0. The highest BCUT2D eigenvalue weighted by molar-refractivity contribution is 7.89. The Morgan fingerprint density at radius 3 is 2.57 bits per heavy atom. The summed E-state index contributed by atoms with van der Waals surface area (Å²) in [4.78, 5) is 0.273. The quantitative estimate of drug-likeness (QED) is 0.835. The Hall–Kier alpha value is -1.35. The molecule has 0 amide bonds. The second-order valence-corrected chi connectivity index (χ2v) is 7.25. The van der Waals surface area contributed by atoms with Crippen LogP contribution in [0, 0.1) is 17.8 Å². The Kier molecular flexibility index (Phi) is 5.40. The summed E-state index contributed by atoms with van der Waals surface area (Å²) < 4.78 is 27.3. The van der Waals surface area contributed by atoms with Gasteiger partial charge >= 0.3 is 0 Å². The lowest BCUT2D eigenvalue weighted by Gasteiger charge is -2.13. The molecular formula is C16H21NO3S. The molecule has 0 aliphatic heterocycles. The van der Waals surface area contributed by atoms with Crippen molar-refractivity contribution in [1.29, 1.82) is 0 Å². The predicted octanol–water partition coefficient (Wildman–Crippen LogP) is 1.89. The third-order valence-electron chi connectivity index (χ3n) is 3.65. The Labute approximate surface area is 126 Å². The zero-order valence-electron chi connectivity index (χ0n) is 12.2. The van der Waals surface area contributed by atoms with Crippen LogP contribution in [0.15, 0.2) is 29.2 Å². The Morgan fingerprint density at radius 1 is 1.29 bits per heavy atom. The average Bonchev–Trinajstić information content (AvgIpc) is 2.84. The van der Waals surface area contributed by atoms with Gasteiger partial charge in [0.05, 0.1) is 11.5 Å². The van der Waals surface area contributed by atoms with Gasteiger partial charge in [0.25, 0.3) is 0 Å². The molecule has 1 aliphatic carbocycles. The summed E-state index contributed by atoms with van der Waals surface area (Å²) in [6.45, 7) is 2.18. The molecule has 0 bridgehead atoms. The fraction of sp³-hybridized carbons (Fsp3) is 0.500. The van der Waals surface area contributed by atoms with Crippen molar-refractivity contribution in [3.8, 4) is 11.8 Å². The molecule has 1 fully saturated rings. The van der Waals surface area contributed by atoms with E-state index in [4.69, 9.17) is 5.11 Å². The lowest BCUT2D eigenvalue weighted by molar-refractivity contribution is 0.305. The molecule has 2 N–H and O–H groups in total. The van der Waals surface area contributed by atoms with Crippen molar-refractivity contribution in [1.82, 2.24) is 4.72 Å². The van der Waals surface area contributed by atoms with Gasteiger partial charge in [0.15, 0.2) is 0 Å². The molecular weight excluding hydrogens is 286 g/mol. The molecule has 2 unspecified atom stereocenters. The van der Waals surface area contributed by atoms with E-state index < -0.39 is 10.0 Å². The second kappa shape index (κ2) is 7.08. The van der Waals surface area contributed by atoms with Gasteiger partial charge in [-0.1, -0.05) is 18.8 Å². The number of benzene rings is 1. The number of hydrogen-bond acceptors (Lipinski definition) is 3. The van der Waals surface area contributed by atoms with Gasteiger partial charge in [-0.25, -0.2) is 13.1 Å². The number of aliphatic hydroxyl groups is 1. The summed E-state index contributed by atoms with van der Waals surface area (Å²) in [7, 11) is -3.45.